The largest absolute Gasteiger partial charge is 0.355 e. The average Bonchev–Trinajstić information content (AvgIpc) is 2.99. The minimum absolute atomic E-state index is 0.685. The molecular weight excluding hydrogens is 498 g/mol. The molecule has 0 amide bonds. The third-order valence-electron chi connectivity index (χ3n) is 6.27. The molecule has 33 heavy (non-hydrogen) atoms. The third-order valence-corrected chi connectivity index (χ3v) is 6.93. The van der Waals surface area contributed by atoms with E-state index in [9.17, 15) is 5.26 Å². The average molecular weight is 519 g/mol. The van der Waals surface area contributed by atoms with E-state index in [1.165, 1.54) is 27.8 Å². The highest BCUT2D eigenvalue weighted by atomic mass is 79.9. The summed E-state index contributed by atoms with van der Waals surface area (Å²) in [5.74, 6) is 0.685. The molecule has 0 spiro atoms. The van der Waals surface area contributed by atoms with Gasteiger partial charge in [-0.15, -0.1) is 0 Å². The highest BCUT2D eigenvalue weighted by molar-refractivity contribution is 9.10. The number of hydrogen-bond donors (Lipinski definition) is 0. The Bertz CT molecular complexity index is 1240. The van der Waals surface area contributed by atoms with Gasteiger partial charge in [0.05, 0.1) is 5.69 Å². The Morgan fingerprint density at radius 1 is 1.06 bits per heavy atom. The van der Waals surface area contributed by atoms with Crippen molar-refractivity contribution in [2.75, 3.05) is 13.1 Å². The quantitative estimate of drug-likeness (QED) is 0.231. The minimum Gasteiger partial charge on any atom is -0.355 e. The maximum absolute atomic E-state index is 9.26. The minimum atomic E-state index is 0.685. The number of likely N-dealkylation sites (tertiary alicyclic amines) is 1. The number of aromatic nitrogens is 2. The number of hydrogen-bond acceptors (Lipinski definition) is 4. The van der Waals surface area contributed by atoms with Crippen molar-refractivity contribution in [3.05, 3.63) is 98.0 Å². The summed E-state index contributed by atoms with van der Waals surface area (Å²) in [6.45, 7) is 1.56. The van der Waals surface area contributed by atoms with E-state index >= 15 is 0 Å². The Morgan fingerprint density at radius 3 is 2.64 bits per heavy atom. The Morgan fingerprint density at radius 2 is 1.88 bits per heavy atom. The van der Waals surface area contributed by atoms with E-state index in [2.05, 4.69) is 49.0 Å². The van der Waals surface area contributed by atoms with E-state index in [1.807, 2.05) is 30.6 Å². The first-order valence-corrected chi connectivity index (χ1v) is 12.1. The maximum atomic E-state index is 9.26. The van der Waals surface area contributed by atoms with Crippen LogP contribution in [0.3, 0.4) is 0 Å². The monoisotopic (exact) mass is 517 g/mol. The Labute approximate surface area is 206 Å². The van der Waals surface area contributed by atoms with Gasteiger partial charge >= 0.3 is 0 Å². The van der Waals surface area contributed by atoms with Crippen molar-refractivity contribution in [1.29, 1.82) is 5.26 Å². The third kappa shape index (κ3) is 4.44. The molecule has 5 nitrogen and oxygen atoms in total. The van der Waals surface area contributed by atoms with Crippen LogP contribution in [0, 0.1) is 11.5 Å². The lowest BCUT2D eigenvalue weighted by molar-refractivity contribution is 0.389. The molecule has 0 N–H and O–H groups in total. The van der Waals surface area contributed by atoms with Crippen LogP contribution in [-0.4, -0.2) is 33.8 Å². The molecule has 2 aromatic heterocycles. The van der Waals surface area contributed by atoms with Gasteiger partial charge in [0.15, 0.2) is 0 Å². The van der Waals surface area contributed by atoms with Crippen LogP contribution in [0.25, 0.3) is 5.57 Å². The van der Waals surface area contributed by atoms with E-state index in [1.54, 1.807) is 12.4 Å². The number of aryl methyl sites for hydroxylation is 2. The molecule has 5 rings (SSSR count). The molecule has 0 bridgehead atoms. The van der Waals surface area contributed by atoms with Gasteiger partial charge in [-0.1, -0.05) is 23.2 Å². The number of rotatable bonds is 1. The molecule has 0 unspecified atom stereocenters. The van der Waals surface area contributed by atoms with Crippen LogP contribution in [0.1, 0.15) is 40.8 Å². The SMILES string of the molecule is N#CN=C(c1cccnc1)N1CCC(=C2c3ccc(Cl)cc3CCc3cc(Br)cnc32)CC1. The van der Waals surface area contributed by atoms with Crippen molar-refractivity contribution in [2.45, 2.75) is 25.7 Å². The molecule has 1 fully saturated rings. The van der Waals surface area contributed by atoms with Gasteiger partial charge in [-0.05, 0) is 88.6 Å². The number of piperidine rings is 1. The first kappa shape index (κ1) is 21.8. The molecule has 1 aliphatic carbocycles. The van der Waals surface area contributed by atoms with Gasteiger partial charge in [0.2, 0.25) is 6.19 Å². The zero-order chi connectivity index (χ0) is 22.8. The van der Waals surface area contributed by atoms with Gasteiger partial charge in [-0.2, -0.15) is 10.3 Å². The van der Waals surface area contributed by atoms with Gasteiger partial charge in [-0.25, -0.2) is 0 Å². The maximum Gasteiger partial charge on any atom is 0.207 e. The zero-order valence-electron chi connectivity index (χ0n) is 17.9. The molecule has 2 aliphatic rings. The summed E-state index contributed by atoms with van der Waals surface area (Å²) in [6.07, 6.45) is 10.9. The first-order valence-electron chi connectivity index (χ1n) is 10.9. The zero-order valence-corrected chi connectivity index (χ0v) is 20.3. The molecule has 3 heterocycles. The summed E-state index contributed by atoms with van der Waals surface area (Å²) >= 11 is 9.94. The Hall–Kier alpha value is -3.01. The topological polar surface area (TPSA) is 65.2 Å². The van der Waals surface area contributed by atoms with Crippen LogP contribution in [0.5, 0.6) is 0 Å². The summed E-state index contributed by atoms with van der Waals surface area (Å²) in [5.41, 5.74) is 8.31. The predicted molar refractivity (Wildman–Crippen MR) is 134 cm³/mol. The summed E-state index contributed by atoms with van der Waals surface area (Å²) in [7, 11) is 0. The molecule has 1 aliphatic heterocycles. The molecule has 164 valence electrons. The first-order chi connectivity index (χ1) is 16.1. The van der Waals surface area contributed by atoms with E-state index in [4.69, 9.17) is 16.6 Å². The number of nitrogens with zero attached hydrogens (tertiary/aromatic N) is 5. The van der Waals surface area contributed by atoms with Crippen molar-refractivity contribution in [3.63, 3.8) is 0 Å². The number of halogens is 2. The highest BCUT2D eigenvalue weighted by Gasteiger charge is 2.26. The van der Waals surface area contributed by atoms with Crippen molar-refractivity contribution in [1.82, 2.24) is 14.9 Å². The standard InChI is InChI=1S/C26H21BrClN5/c27-21-12-19-4-3-18-13-22(28)5-6-23(18)24(25(19)31-15-21)17-7-10-33(11-8-17)26(32-16-29)20-2-1-9-30-14-20/h1-2,5-6,9,12-15H,3-4,7-8,10-11H2. The van der Waals surface area contributed by atoms with E-state index in [-0.39, 0.29) is 0 Å². The van der Waals surface area contributed by atoms with Gasteiger partial charge in [-0.3, -0.25) is 9.97 Å². The van der Waals surface area contributed by atoms with Crippen molar-refractivity contribution in [3.8, 4) is 6.19 Å². The van der Waals surface area contributed by atoms with Crippen molar-refractivity contribution in [2.24, 2.45) is 4.99 Å². The van der Waals surface area contributed by atoms with Crippen LogP contribution in [-0.2, 0) is 12.8 Å². The lowest BCUT2D eigenvalue weighted by Crippen LogP contribution is -2.37. The second-order valence-corrected chi connectivity index (χ2v) is 9.56. The van der Waals surface area contributed by atoms with E-state index < -0.39 is 0 Å². The second kappa shape index (κ2) is 9.46. The Balaban J connectivity index is 1.54. The summed E-state index contributed by atoms with van der Waals surface area (Å²) < 4.78 is 0.998. The van der Waals surface area contributed by atoms with Crippen LogP contribution in [0.4, 0.5) is 0 Å². The molecule has 3 aromatic rings. The highest BCUT2D eigenvalue weighted by Crippen LogP contribution is 2.39. The number of aliphatic imine (C=N–C) groups is 1. The molecule has 0 atom stereocenters. The number of nitriles is 1. The molecule has 0 saturated carbocycles. The number of pyridine rings is 2. The normalized spacial score (nSPS) is 16.0. The van der Waals surface area contributed by atoms with E-state index in [0.29, 0.717) is 5.84 Å². The fourth-order valence-electron chi connectivity index (χ4n) is 4.76. The van der Waals surface area contributed by atoms with E-state index in [0.717, 1.165) is 59.5 Å². The summed E-state index contributed by atoms with van der Waals surface area (Å²) in [5, 5.41) is 10.0. The van der Waals surface area contributed by atoms with Gasteiger partial charge in [0.25, 0.3) is 0 Å². The van der Waals surface area contributed by atoms with Crippen LogP contribution < -0.4 is 0 Å². The molecule has 7 heteroatoms. The molecule has 1 aromatic carbocycles. The van der Waals surface area contributed by atoms with Crippen molar-refractivity contribution >= 4 is 38.9 Å². The predicted octanol–water partition coefficient (Wildman–Crippen LogP) is 5.82. The Kier molecular flexibility index (Phi) is 6.26. The fourth-order valence-corrected chi connectivity index (χ4v) is 5.34. The van der Waals surface area contributed by atoms with Crippen LogP contribution >= 0.6 is 27.5 Å². The molecular formula is C26H21BrClN5. The fraction of sp³-hybridized carbons (Fsp3) is 0.231. The van der Waals surface area contributed by atoms with Crippen LogP contribution in [0.15, 0.2) is 70.0 Å². The summed E-state index contributed by atoms with van der Waals surface area (Å²) in [6, 6.07) is 12.2. The van der Waals surface area contributed by atoms with Gasteiger partial charge in [0.1, 0.15) is 5.84 Å². The molecule has 0 radical (unpaired) electrons. The second-order valence-electron chi connectivity index (χ2n) is 8.21. The van der Waals surface area contributed by atoms with Gasteiger partial charge < -0.3 is 4.90 Å². The van der Waals surface area contributed by atoms with Crippen molar-refractivity contribution < 1.29 is 0 Å². The smallest absolute Gasteiger partial charge is 0.207 e. The van der Waals surface area contributed by atoms with Gasteiger partial charge in [0, 0.05) is 52.3 Å². The summed E-state index contributed by atoms with van der Waals surface area (Å²) in [4.78, 5) is 15.4. The molecule has 1 saturated heterocycles. The lowest BCUT2D eigenvalue weighted by Gasteiger charge is -2.32. The number of fused-ring (bicyclic) bond motifs is 2. The number of benzene rings is 1. The number of amidine groups is 1. The lowest BCUT2D eigenvalue weighted by atomic mass is 9.88. The van der Waals surface area contributed by atoms with Crippen LogP contribution in [0.2, 0.25) is 5.02 Å².